The number of hydrogen-bond acceptors (Lipinski definition) is 8. The summed E-state index contributed by atoms with van der Waals surface area (Å²) in [5.41, 5.74) is 2.44. The second-order valence-electron chi connectivity index (χ2n) is 10.6. The fraction of sp³-hybridized carbons (Fsp3) is 0.519. The van der Waals surface area contributed by atoms with Crippen molar-refractivity contribution >= 4 is 15.7 Å². The minimum Gasteiger partial charge on any atom is -0.415 e. The summed E-state index contributed by atoms with van der Waals surface area (Å²) in [7, 11) is -3.69. The Hall–Kier alpha value is -2.96. The number of rotatable bonds is 9. The molecular formula is C27H34F2N6O3S. The Morgan fingerprint density at radius 1 is 1.10 bits per heavy atom. The van der Waals surface area contributed by atoms with Crippen LogP contribution in [-0.2, 0) is 16.6 Å². The Bertz CT molecular complexity index is 1370. The molecule has 1 aromatic carbocycles. The number of aryl methyl sites for hydroxylation is 1. The summed E-state index contributed by atoms with van der Waals surface area (Å²) in [6, 6.07) is 11.7. The van der Waals surface area contributed by atoms with Gasteiger partial charge in [0.1, 0.15) is 0 Å². The van der Waals surface area contributed by atoms with E-state index in [0.29, 0.717) is 41.9 Å². The first-order valence-corrected chi connectivity index (χ1v) is 14.8. The predicted octanol–water partition coefficient (Wildman–Crippen LogP) is 4.27. The lowest BCUT2D eigenvalue weighted by Gasteiger charge is -2.49. The van der Waals surface area contributed by atoms with Crippen molar-refractivity contribution in [3.05, 3.63) is 59.7 Å². The molecule has 0 saturated carbocycles. The van der Waals surface area contributed by atoms with Crippen molar-refractivity contribution in [1.82, 2.24) is 25.0 Å². The van der Waals surface area contributed by atoms with E-state index in [1.165, 1.54) is 10.5 Å². The number of hydrogen-bond donors (Lipinski definition) is 0. The highest BCUT2D eigenvalue weighted by Gasteiger charge is 2.39. The van der Waals surface area contributed by atoms with Gasteiger partial charge in [-0.25, -0.2) is 8.42 Å². The van der Waals surface area contributed by atoms with E-state index in [9.17, 15) is 17.2 Å². The first-order valence-electron chi connectivity index (χ1n) is 13.2. The first-order chi connectivity index (χ1) is 18.6. The molecule has 2 fully saturated rings. The Morgan fingerprint density at radius 3 is 2.44 bits per heavy atom. The maximum atomic E-state index is 14.0. The largest absolute Gasteiger partial charge is 0.415 e. The fourth-order valence-electron chi connectivity index (χ4n) is 5.20. The van der Waals surface area contributed by atoms with Crippen LogP contribution in [0.3, 0.4) is 0 Å². The Balaban J connectivity index is 1.32. The van der Waals surface area contributed by atoms with Crippen LogP contribution in [0.15, 0.2) is 47.0 Å². The lowest BCUT2D eigenvalue weighted by molar-refractivity contribution is 0.00578. The second-order valence-corrected chi connectivity index (χ2v) is 12.7. The topological polar surface area (TPSA) is 95.7 Å². The average Bonchev–Trinajstić information content (AvgIpc) is 3.38. The molecule has 0 radical (unpaired) electrons. The molecule has 12 heteroatoms. The summed E-state index contributed by atoms with van der Waals surface area (Å²) in [5.74, 6) is -0.825. The number of halogens is 2. The van der Waals surface area contributed by atoms with E-state index in [1.807, 2.05) is 25.1 Å². The monoisotopic (exact) mass is 560 g/mol. The van der Waals surface area contributed by atoms with Gasteiger partial charge in [0.05, 0.1) is 28.7 Å². The lowest BCUT2D eigenvalue weighted by atomic mass is 10.0. The summed E-state index contributed by atoms with van der Waals surface area (Å²) >= 11 is 0. The number of benzene rings is 1. The maximum Gasteiger partial charge on any atom is 0.314 e. The minimum atomic E-state index is -3.69. The van der Waals surface area contributed by atoms with E-state index < -0.39 is 27.6 Å². The molecule has 0 bridgehead atoms. The van der Waals surface area contributed by atoms with Gasteiger partial charge in [-0.15, -0.1) is 10.2 Å². The van der Waals surface area contributed by atoms with Crippen LogP contribution in [0.5, 0.6) is 0 Å². The van der Waals surface area contributed by atoms with Gasteiger partial charge in [0, 0.05) is 31.4 Å². The van der Waals surface area contributed by atoms with Gasteiger partial charge in [0.15, 0.2) is 0 Å². The third-order valence-electron chi connectivity index (χ3n) is 7.64. The van der Waals surface area contributed by atoms with Crippen LogP contribution in [0.25, 0.3) is 11.5 Å². The normalized spacial score (nSPS) is 18.1. The number of pyridine rings is 1. The molecule has 2 aliphatic rings. The standard InChI is InChI=1S/C27H34F2N6O3S/c1-18(2)34-16-23(17-34)33-11-9-24(10-12-33)39(36,37)35(22-6-4-5-19(3)13-22)15-21-8-7-20(14-30-21)26-31-32-27(38-26)25(28)29/h4-8,13-14,18,23-25H,9-12,15-17H2,1-3H3. The molecule has 210 valence electrons. The third-order valence-corrected chi connectivity index (χ3v) is 9.90. The molecule has 5 rings (SSSR count). The maximum absolute atomic E-state index is 14.0. The highest BCUT2D eigenvalue weighted by Crippen LogP contribution is 2.31. The molecule has 0 N–H and O–H groups in total. The molecule has 0 amide bonds. The number of anilines is 1. The van der Waals surface area contributed by atoms with Crippen molar-refractivity contribution in [3.8, 4) is 11.5 Å². The summed E-state index contributed by atoms with van der Waals surface area (Å²) in [6.45, 7) is 9.98. The van der Waals surface area contributed by atoms with Crippen LogP contribution < -0.4 is 4.31 Å². The third kappa shape index (κ3) is 5.97. The zero-order valence-electron chi connectivity index (χ0n) is 22.4. The van der Waals surface area contributed by atoms with E-state index in [2.05, 4.69) is 38.8 Å². The van der Waals surface area contributed by atoms with Crippen LogP contribution in [0, 0.1) is 6.92 Å². The van der Waals surface area contributed by atoms with E-state index in [1.54, 1.807) is 18.2 Å². The van der Waals surface area contributed by atoms with Crippen LogP contribution in [-0.4, -0.2) is 76.9 Å². The van der Waals surface area contributed by atoms with Crippen LogP contribution in [0.2, 0.25) is 0 Å². The first kappa shape index (κ1) is 27.6. The molecule has 4 heterocycles. The summed E-state index contributed by atoms with van der Waals surface area (Å²) in [5, 5.41) is 6.51. The van der Waals surface area contributed by atoms with Crippen molar-refractivity contribution in [1.29, 1.82) is 0 Å². The molecular weight excluding hydrogens is 526 g/mol. The molecule has 39 heavy (non-hydrogen) atoms. The smallest absolute Gasteiger partial charge is 0.314 e. The number of aromatic nitrogens is 3. The Kier molecular flexibility index (Phi) is 7.97. The van der Waals surface area contributed by atoms with Crippen molar-refractivity contribution in [2.24, 2.45) is 0 Å². The average molecular weight is 561 g/mol. The van der Waals surface area contributed by atoms with Crippen LogP contribution in [0.4, 0.5) is 14.5 Å². The van der Waals surface area contributed by atoms with E-state index in [0.717, 1.165) is 31.7 Å². The summed E-state index contributed by atoms with van der Waals surface area (Å²) in [6.07, 6.45) is -0.268. The molecule has 2 aliphatic heterocycles. The lowest BCUT2D eigenvalue weighted by Crippen LogP contribution is -2.63. The van der Waals surface area contributed by atoms with Gasteiger partial charge in [-0.3, -0.25) is 19.1 Å². The number of piperidine rings is 1. The van der Waals surface area contributed by atoms with Crippen LogP contribution >= 0.6 is 0 Å². The summed E-state index contributed by atoms with van der Waals surface area (Å²) in [4.78, 5) is 9.26. The van der Waals surface area contributed by atoms with Gasteiger partial charge in [0.2, 0.25) is 15.9 Å². The molecule has 9 nitrogen and oxygen atoms in total. The molecule has 3 aromatic rings. The zero-order chi connectivity index (χ0) is 27.7. The number of sulfonamides is 1. The molecule has 0 unspecified atom stereocenters. The molecule has 0 atom stereocenters. The summed E-state index contributed by atoms with van der Waals surface area (Å²) < 4.78 is 60.1. The Labute approximate surface area is 227 Å². The highest BCUT2D eigenvalue weighted by molar-refractivity contribution is 7.93. The fourth-order valence-corrected chi connectivity index (χ4v) is 7.09. The highest BCUT2D eigenvalue weighted by atomic mass is 32.2. The van der Waals surface area contributed by atoms with Crippen molar-refractivity contribution in [3.63, 3.8) is 0 Å². The molecule has 2 saturated heterocycles. The molecule has 0 spiro atoms. The quantitative estimate of drug-likeness (QED) is 0.383. The number of nitrogens with zero attached hydrogens (tertiary/aromatic N) is 6. The SMILES string of the molecule is Cc1cccc(N(Cc2ccc(-c3nnc(C(F)F)o3)cn2)S(=O)(=O)C2CCN(C3CN(C(C)C)C3)CC2)c1. The second kappa shape index (κ2) is 11.3. The predicted molar refractivity (Wildman–Crippen MR) is 144 cm³/mol. The minimum absolute atomic E-state index is 0.0460. The van der Waals surface area contributed by atoms with E-state index in [4.69, 9.17) is 4.42 Å². The number of likely N-dealkylation sites (tertiary alicyclic amines) is 2. The number of alkyl halides is 2. The van der Waals surface area contributed by atoms with Gasteiger partial charge in [0.25, 0.3) is 5.89 Å². The van der Waals surface area contributed by atoms with Gasteiger partial charge in [-0.2, -0.15) is 8.78 Å². The van der Waals surface area contributed by atoms with Crippen molar-refractivity contribution in [2.45, 2.75) is 63.9 Å². The Morgan fingerprint density at radius 2 is 1.85 bits per heavy atom. The van der Waals surface area contributed by atoms with Crippen molar-refractivity contribution < 1.29 is 21.6 Å². The van der Waals surface area contributed by atoms with E-state index in [-0.39, 0.29) is 12.4 Å². The van der Waals surface area contributed by atoms with Crippen molar-refractivity contribution in [2.75, 3.05) is 30.5 Å². The van der Waals surface area contributed by atoms with E-state index >= 15 is 0 Å². The molecule has 0 aliphatic carbocycles. The van der Waals surface area contributed by atoms with Gasteiger partial charge >= 0.3 is 6.43 Å². The van der Waals surface area contributed by atoms with Crippen LogP contribution in [0.1, 0.15) is 50.3 Å². The molecule has 2 aromatic heterocycles. The van der Waals surface area contributed by atoms with Gasteiger partial charge < -0.3 is 4.42 Å². The zero-order valence-corrected chi connectivity index (χ0v) is 23.2. The van der Waals surface area contributed by atoms with Gasteiger partial charge in [-0.05, 0) is 76.5 Å². The van der Waals surface area contributed by atoms with Gasteiger partial charge in [-0.1, -0.05) is 12.1 Å².